The molecule has 49 heavy (non-hydrogen) atoms. The highest BCUT2D eigenvalue weighted by molar-refractivity contribution is 7.15. The molecule has 1 saturated carbocycles. The molecule has 9 heteroatoms. The van der Waals surface area contributed by atoms with E-state index in [1.54, 1.807) is 23.5 Å². The summed E-state index contributed by atoms with van der Waals surface area (Å²) >= 11 is 1.67. The quantitative estimate of drug-likeness (QED) is 0.168. The second kappa shape index (κ2) is 14.0. The number of carbonyl (C=O) groups is 2. The van der Waals surface area contributed by atoms with Crippen LogP contribution in [0.2, 0.25) is 0 Å². The number of amides is 1. The molecule has 256 valence electrons. The van der Waals surface area contributed by atoms with Crippen LogP contribution < -0.4 is 0 Å². The van der Waals surface area contributed by atoms with Crippen LogP contribution in [0.3, 0.4) is 0 Å². The Labute approximate surface area is 292 Å². The van der Waals surface area contributed by atoms with Gasteiger partial charge in [0.25, 0.3) is 0 Å². The molecule has 1 aliphatic heterocycles. The van der Waals surface area contributed by atoms with Gasteiger partial charge in [-0.25, -0.2) is 14.8 Å². The predicted octanol–water partition coefficient (Wildman–Crippen LogP) is 8.68. The van der Waals surface area contributed by atoms with E-state index in [1.807, 2.05) is 24.8 Å². The third kappa shape index (κ3) is 6.51. The Bertz CT molecular complexity index is 2010. The summed E-state index contributed by atoms with van der Waals surface area (Å²) in [4.78, 5) is 41.7. The molecule has 0 spiro atoms. The molecule has 1 N–H and O–H groups in total. The molecular formula is C40H47N5O3S. The van der Waals surface area contributed by atoms with E-state index in [1.165, 1.54) is 24.8 Å². The number of hydrogen-bond donors (Lipinski definition) is 1. The van der Waals surface area contributed by atoms with E-state index in [0.29, 0.717) is 12.0 Å². The van der Waals surface area contributed by atoms with Crippen LogP contribution >= 0.6 is 11.3 Å². The van der Waals surface area contributed by atoms with Gasteiger partial charge in [0.1, 0.15) is 6.54 Å². The molecule has 0 unspecified atom stereocenters. The highest BCUT2D eigenvalue weighted by Crippen LogP contribution is 2.45. The summed E-state index contributed by atoms with van der Waals surface area (Å²) < 4.78 is 2.14. The van der Waals surface area contributed by atoms with Crippen LogP contribution in [0, 0.1) is 13.8 Å². The summed E-state index contributed by atoms with van der Waals surface area (Å²) in [6, 6.07) is 16.6. The van der Waals surface area contributed by atoms with Gasteiger partial charge in [-0.2, -0.15) is 0 Å². The normalized spacial score (nSPS) is 16.3. The van der Waals surface area contributed by atoms with Crippen molar-refractivity contribution in [2.75, 3.05) is 26.2 Å². The number of carboxylic acids is 1. The Balaban J connectivity index is 1.33. The van der Waals surface area contributed by atoms with Crippen LogP contribution in [0.1, 0.15) is 91.3 Å². The van der Waals surface area contributed by atoms with E-state index < -0.39 is 5.97 Å². The highest BCUT2D eigenvalue weighted by Gasteiger charge is 2.30. The van der Waals surface area contributed by atoms with Gasteiger partial charge in [0, 0.05) is 29.9 Å². The molecule has 0 bridgehead atoms. The fourth-order valence-corrected chi connectivity index (χ4v) is 9.30. The Morgan fingerprint density at radius 3 is 2.35 bits per heavy atom. The van der Waals surface area contributed by atoms with Gasteiger partial charge in [0.2, 0.25) is 5.91 Å². The van der Waals surface area contributed by atoms with Crippen LogP contribution in [-0.2, 0) is 11.3 Å². The fraction of sp³-hybridized carbons (Fsp3) is 0.450. The maximum atomic E-state index is 14.2. The number of carboxylic acid groups (broad SMARTS) is 1. The van der Waals surface area contributed by atoms with E-state index in [-0.39, 0.29) is 18.0 Å². The van der Waals surface area contributed by atoms with Crippen molar-refractivity contribution in [3.63, 3.8) is 0 Å². The van der Waals surface area contributed by atoms with E-state index >= 15 is 0 Å². The van der Waals surface area contributed by atoms with Gasteiger partial charge >= 0.3 is 5.97 Å². The van der Waals surface area contributed by atoms with Crippen molar-refractivity contribution >= 4 is 45.0 Å². The number of fused-ring (bicyclic) bond motifs is 2. The fourth-order valence-electron chi connectivity index (χ4n) is 8.41. The average molecular weight is 678 g/mol. The van der Waals surface area contributed by atoms with Gasteiger partial charge in [0.05, 0.1) is 43.6 Å². The lowest BCUT2D eigenvalue weighted by Crippen LogP contribution is -2.47. The Kier molecular flexibility index (Phi) is 9.57. The molecule has 1 amide bonds. The molecule has 3 aromatic heterocycles. The minimum atomic E-state index is -0.959. The zero-order valence-corrected chi connectivity index (χ0v) is 30.0. The molecule has 5 aromatic rings. The maximum Gasteiger partial charge on any atom is 0.335 e. The number of piperidine rings is 1. The van der Waals surface area contributed by atoms with Crippen LogP contribution in [0.4, 0.5) is 0 Å². The molecule has 1 saturated heterocycles. The van der Waals surface area contributed by atoms with Crippen molar-refractivity contribution < 1.29 is 14.7 Å². The van der Waals surface area contributed by atoms with E-state index in [4.69, 9.17) is 4.98 Å². The molecule has 1 aliphatic carbocycles. The first-order valence-corrected chi connectivity index (χ1v) is 18.8. The Morgan fingerprint density at radius 2 is 1.67 bits per heavy atom. The first-order chi connectivity index (χ1) is 23.7. The maximum absolute atomic E-state index is 14.2. The molecule has 0 radical (unpaired) electrons. The van der Waals surface area contributed by atoms with Crippen molar-refractivity contribution in [2.24, 2.45) is 0 Å². The monoisotopic (exact) mass is 677 g/mol. The predicted molar refractivity (Wildman–Crippen MR) is 199 cm³/mol. The van der Waals surface area contributed by atoms with Gasteiger partial charge in [-0.15, -0.1) is 11.3 Å². The van der Waals surface area contributed by atoms with Crippen molar-refractivity contribution in [2.45, 2.75) is 91.1 Å². The third-order valence-corrected chi connectivity index (χ3v) is 12.0. The summed E-state index contributed by atoms with van der Waals surface area (Å²) in [6.45, 7) is 12.2. The second-order valence-electron chi connectivity index (χ2n) is 13.8. The number of aromatic carboxylic acids is 1. The van der Waals surface area contributed by atoms with Crippen molar-refractivity contribution in [1.29, 1.82) is 0 Å². The lowest BCUT2D eigenvalue weighted by Gasteiger charge is -2.37. The van der Waals surface area contributed by atoms with Gasteiger partial charge in [-0.05, 0) is 100.0 Å². The topological polar surface area (TPSA) is 91.6 Å². The molecule has 8 nitrogen and oxygen atoms in total. The minimum Gasteiger partial charge on any atom is -0.478 e. The zero-order valence-electron chi connectivity index (χ0n) is 29.2. The number of carbonyl (C=O) groups excluding carboxylic acids is 1. The first kappa shape index (κ1) is 33.4. The van der Waals surface area contributed by atoms with E-state index in [9.17, 15) is 14.7 Å². The van der Waals surface area contributed by atoms with Gasteiger partial charge in [0.15, 0.2) is 0 Å². The molecule has 2 aliphatic rings. The third-order valence-electron chi connectivity index (χ3n) is 10.9. The second-order valence-corrected chi connectivity index (χ2v) is 15.0. The molecular weight excluding hydrogens is 631 g/mol. The van der Waals surface area contributed by atoms with Crippen LogP contribution in [-0.4, -0.2) is 73.5 Å². The number of aryl methyl sites for hydroxylation is 2. The summed E-state index contributed by atoms with van der Waals surface area (Å²) in [7, 11) is 0. The summed E-state index contributed by atoms with van der Waals surface area (Å²) in [5, 5.41) is 13.1. The largest absolute Gasteiger partial charge is 0.478 e. The number of thiazole rings is 1. The lowest BCUT2D eigenvalue weighted by atomic mass is 9.81. The standard InChI is InChI=1S/C40H47N5O3S/c1-5-43(6-2)31-18-20-44(21-19-31)36(46)24-45-35-23-30(40(47)48)12-15-32(35)37(27-10-8-7-9-11-27)38(45)29-14-16-33-28(22-29)13-17-34(42-33)39-25(3)41-26(4)49-39/h12-17,22-23,27,31H,5-11,18-21,24H2,1-4H3,(H,47,48). The SMILES string of the molecule is CCN(CC)C1CCN(C(=O)Cn2c(-c3ccc4nc(-c5sc(C)nc5C)ccc4c3)c(C3CCCCC3)c3ccc(C(=O)O)cc32)CC1. The molecule has 2 aromatic carbocycles. The lowest BCUT2D eigenvalue weighted by molar-refractivity contribution is -0.133. The first-order valence-electron chi connectivity index (χ1n) is 18.0. The zero-order chi connectivity index (χ0) is 34.2. The Hall–Kier alpha value is -4.08. The van der Waals surface area contributed by atoms with Gasteiger partial charge in [-0.3, -0.25) is 4.79 Å². The number of likely N-dealkylation sites (tertiary alicyclic amines) is 1. The molecule has 7 rings (SSSR count). The number of benzene rings is 2. The number of pyridine rings is 1. The summed E-state index contributed by atoms with van der Waals surface area (Å²) in [6.07, 6.45) is 7.71. The van der Waals surface area contributed by atoms with Crippen LogP contribution in [0.5, 0.6) is 0 Å². The number of aromatic nitrogens is 3. The van der Waals surface area contributed by atoms with Gasteiger partial charge < -0.3 is 19.5 Å². The smallest absolute Gasteiger partial charge is 0.335 e. The molecule has 4 heterocycles. The van der Waals surface area contributed by atoms with Crippen molar-refractivity contribution in [1.82, 2.24) is 24.3 Å². The highest BCUT2D eigenvalue weighted by atomic mass is 32.1. The number of nitrogens with zero attached hydrogens (tertiary/aromatic N) is 5. The molecule has 0 atom stereocenters. The Morgan fingerprint density at radius 1 is 0.918 bits per heavy atom. The number of rotatable bonds is 9. The van der Waals surface area contributed by atoms with E-state index in [2.05, 4.69) is 58.6 Å². The van der Waals surface area contributed by atoms with Gasteiger partial charge in [-0.1, -0.05) is 51.3 Å². The van der Waals surface area contributed by atoms with Crippen molar-refractivity contribution in [3.05, 3.63) is 70.4 Å². The van der Waals surface area contributed by atoms with Crippen LogP contribution in [0.15, 0.2) is 48.5 Å². The molecule has 2 fully saturated rings. The van der Waals surface area contributed by atoms with Crippen LogP contribution in [0.25, 0.3) is 43.6 Å². The minimum absolute atomic E-state index is 0.0920. The number of hydrogen-bond acceptors (Lipinski definition) is 6. The summed E-state index contributed by atoms with van der Waals surface area (Å²) in [5.74, 6) is -0.523. The summed E-state index contributed by atoms with van der Waals surface area (Å²) in [5.41, 5.74) is 7.22. The average Bonchev–Trinajstić information content (AvgIpc) is 3.63. The van der Waals surface area contributed by atoms with E-state index in [0.717, 1.165) is 106 Å². The van der Waals surface area contributed by atoms with Crippen molar-refractivity contribution in [3.8, 4) is 21.8 Å².